The summed E-state index contributed by atoms with van der Waals surface area (Å²) >= 11 is 0. The van der Waals surface area contributed by atoms with Crippen LogP contribution in [0.5, 0.6) is 0 Å². The fourth-order valence-corrected chi connectivity index (χ4v) is 3.41. The van der Waals surface area contributed by atoms with Gasteiger partial charge >= 0.3 is 0 Å². The Bertz CT molecular complexity index is 1120. The molecule has 2 atom stereocenters. The average molecular weight is 497 g/mol. The van der Waals surface area contributed by atoms with Crippen molar-refractivity contribution in [2.24, 2.45) is 0 Å². The van der Waals surface area contributed by atoms with Gasteiger partial charge in [-0.1, -0.05) is 33.4 Å². The maximum absolute atomic E-state index is 13.5. The molecule has 0 saturated carbocycles. The molecule has 2 aromatic rings. The number of benzene rings is 1. The van der Waals surface area contributed by atoms with Crippen molar-refractivity contribution in [2.75, 3.05) is 17.6 Å². The van der Waals surface area contributed by atoms with Crippen molar-refractivity contribution in [3.8, 4) is 11.3 Å². The number of nitrogens with zero attached hydrogens (tertiary/aromatic N) is 3. The predicted octanol–water partition coefficient (Wildman–Crippen LogP) is 1.70. The number of anilines is 1. The third kappa shape index (κ3) is 7.86. The third-order valence-electron chi connectivity index (χ3n) is 4.81. The second-order valence-electron chi connectivity index (χ2n) is 7.96. The first-order valence-corrected chi connectivity index (χ1v) is 12.0. The zero-order valence-corrected chi connectivity index (χ0v) is 19.6. The predicted molar refractivity (Wildman–Crippen MR) is 127 cm³/mol. The number of carboxylic acid groups (broad SMARTS) is 1. The van der Waals surface area contributed by atoms with Crippen LogP contribution in [-0.2, 0) is 14.8 Å². The fourth-order valence-electron chi connectivity index (χ4n) is 3.04. The van der Waals surface area contributed by atoms with Crippen molar-refractivity contribution in [1.29, 1.82) is 0 Å². The van der Waals surface area contributed by atoms with E-state index in [9.17, 15) is 32.9 Å². The Labute approximate surface area is 199 Å². The van der Waals surface area contributed by atoms with E-state index in [1.54, 1.807) is 0 Å². The molecule has 2 rings (SSSR count). The minimum Gasteiger partial charge on any atom is -0.550 e. The van der Waals surface area contributed by atoms with Crippen LogP contribution < -0.4 is 9.41 Å². The van der Waals surface area contributed by atoms with E-state index in [4.69, 9.17) is 0 Å². The number of carboxylic acids is 1. The first-order valence-electron chi connectivity index (χ1n) is 10.2. The van der Waals surface area contributed by atoms with Crippen LogP contribution in [-0.4, -0.2) is 60.1 Å². The molecule has 0 aliphatic rings. The van der Waals surface area contributed by atoms with E-state index in [2.05, 4.69) is 9.97 Å². The summed E-state index contributed by atoms with van der Waals surface area (Å²) in [6.07, 6.45) is 0.578. The molecular weight excluding hydrogens is 465 g/mol. The van der Waals surface area contributed by atoms with Gasteiger partial charge in [0.2, 0.25) is 16.0 Å². The van der Waals surface area contributed by atoms with E-state index in [1.807, 2.05) is 13.8 Å². The van der Waals surface area contributed by atoms with Gasteiger partial charge in [0, 0.05) is 37.0 Å². The molecule has 0 amide bonds. The zero-order valence-electron chi connectivity index (χ0n) is 18.8. The summed E-state index contributed by atoms with van der Waals surface area (Å²) in [5.74, 6) is -2.14. The molecule has 0 saturated heterocycles. The third-order valence-corrected chi connectivity index (χ3v) is 5.97. The molecule has 0 aliphatic carbocycles. The summed E-state index contributed by atoms with van der Waals surface area (Å²) in [7, 11) is -2.34. The van der Waals surface area contributed by atoms with Crippen molar-refractivity contribution in [2.45, 2.75) is 52.2 Å². The van der Waals surface area contributed by atoms with Crippen LogP contribution in [0.15, 0.2) is 30.3 Å². The molecule has 9 nitrogen and oxygen atoms in total. The monoisotopic (exact) mass is 496 g/mol. The zero-order chi connectivity index (χ0) is 24.9. The Morgan fingerprint density at radius 1 is 1.21 bits per heavy atom. The van der Waals surface area contributed by atoms with Gasteiger partial charge in [0.15, 0.2) is 0 Å². The molecule has 0 fully saturated rings. The van der Waals surface area contributed by atoms with E-state index < -0.39 is 40.4 Å². The number of hydrogen-bond donors (Lipinski definition) is 2. The molecule has 1 heterocycles. The summed E-state index contributed by atoms with van der Waals surface area (Å²) in [6.45, 7) is 3.69. The van der Waals surface area contributed by atoms with E-state index in [0.717, 1.165) is 10.6 Å². The maximum Gasteiger partial charge on any atom is 0.239 e. The highest BCUT2D eigenvalue weighted by Gasteiger charge is 2.22. The number of aliphatic hydroxyl groups excluding tert-OH is 2. The first kappa shape index (κ1) is 29.1. The number of aromatic nitrogens is 2. The normalized spacial score (nSPS) is 13.5. The fraction of sp³-hybridized carbons (Fsp3) is 0.435. The Kier molecular flexibility index (Phi) is 10.3. The molecule has 0 unspecified atom stereocenters. The molecule has 2 N–H and O–H groups in total. The number of carbonyl (C=O) groups excluding carboxylic acids is 1. The van der Waals surface area contributed by atoms with Gasteiger partial charge in [-0.25, -0.2) is 27.1 Å². The van der Waals surface area contributed by atoms with E-state index in [-0.39, 0.29) is 25.7 Å². The Hall–Kier alpha value is -2.89. The van der Waals surface area contributed by atoms with Gasteiger partial charge in [0.05, 0.1) is 29.9 Å². The number of sulfonamides is 1. The van der Waals surface area contributed by atoms with Crippen LogP contribution in [0.3, 0.4) is 0 Å². The highest BCUT2D eigenvalue weighted by atomic mass is 32.2. The van der Waals surface area contributed by atoms with Gasteiger partial charge in [-0.3, -0.25) is 0 Å². The lowest BCUT2D eigenvalue weighted by Gasteiger charge is -2.20. The summed E-state index contributed by atoms with van der Waals surface area (Å²) in [5.41, 5.74) is 1.76. The van der Waals surface area contributed by atoms with Crippen LogP contribution in [0, 0.1) is 5.82 Å². The smallest absolute Gasteiger partial charge is 0.239 e. The standard InChI is InChI=1S/C22H28FN3O6S.CH4/c1-13(2)20-18(10-9-16(27)11-17(28)12-19(29)30)21(14-5-7-15(23)8-6-14)25-22(24-20)26(3)33(4,31)32;/h5-10,13,16-17,27-28H,11-12H2,1-4H3,(H,29,30);1H4/p-1/b10-9+;/t16-,17-;/m1./s1. The number of carbonyl (C=O) groups is 1. The molecule has 11 heteroatoms. The van der Waals surface area contributed by atoms with Crippen molar-refractivity contribution < 1.29 is 32.9 Å². The van der Waals surface area contributed by atoms with E-state index in [0.29, 0.717) is 22.5 Å². The lowest BCUT2D eigenvalue weighted by atomic mass is 9.97. The molecule has 188 valence electrons. The number of halogens is 1. The summed E-state index contributed by atoms with van der Waals surface area (Å²) in [4.78, 5) is 19.4. The van der Waals surface area contributed by atoms with Gasteiger partial charge < -0.3 is 20.1 Å². The lowest BCUT2D eigenvalue weighted by molar-refractivity contribution is -0.307. The molecule has 1 aromatic carbocycles. The Morgan fingerprint density at radius 2 is 1.79 bits per heavy atom. The van der Waals surface area contributed by atoms with Crippen molar-refractivity contribution in [3.05, 3.63) is 47.4 Å². The summed E-state index contributed by atoms with van der Waals surface area (Å²) < 4.78 is 38.6. The largest absolute Gasteiger partial charge is 0.550 e. The van der Waals surface area contributed by atoms with Crippen LogP contribution >= 0.6 is 0 Å². The Morgan fingerprint density at radius 3 is 2.29 bits per heavy atom. The summed E-state index contributed by atoms with van der Waals surface area (Å²) in [5, 5.41) is 30.6. The molecular formula is C23H31FN3O6S-. The van der Waals surface area contributed by atoms with E-state index in [1.165, 1.54) is 43.5 Å². The van der Waals surface area contributed by atoms with Crippen molar-refractivity contribution >= 4 is 28.0 Å². The first-order chi connectivity index (χ1) is 15.3. The highest BCUT2D eigenvalue weighted by Crippen LogP contribution is 2.31. The van der Waals surface area contributed by atoms with Gasteiger partial charge in [-0.05, 0) is 30.2 Å². The van der Waals surface area contributed by atoms with Crippen molar-refractivity contribution in [3.63, 3.8) is 0 Å². The second kappa shape index (κ2) is 12.0. The second-order valence-corrected chi connectivity index (χ2v) is 9.97. The minimum atomic E-state index is -3.66. The van der Waals surface area contributed by atoms with Crippen LogP contribution in [0.4, 0.5) is 10.3 Å². The number of aliphatic carboxylic acids is 1. The van der Waals surface area contributed by atoms with Crippen molar-refractivity contribution in [1.82, 2.24) is 9.97 Å². The molecule has 0 bridgehead atoms. The number of rotatable bonds is 10. The number of aliphatic hydroxyl groups is 2. The lowest BCUT2D eigenvalue weighted by Crippen LogP contribution is -2.29. The molecule has 34 heavy (non-hydrogen) atoms. The molecule has 0 aliphatic heterocycles. The van der Waals surface area contributed by atoms with Gasteiger partial charge in [-0.2, -0.15) is 0 Å². The minimum absolute atomic E-state index is 0. The topological polar surface area (TPSA) is 144 Å². The van der Waals surface area contributed by atoms with Crippen LogP contribution in [0.1, 0.15) is 51.3 Å². The van der Waals surface area contributed by atoms with Crippen LogP contribution in [0.2, 0.25) is 0 Å². The van der Waals surface area contributed by atoms with Crippen LogP contribution in [0.25, 0.3) is 17.3 Å². The van der Waals surface area contributed by atoms with E-state index >= 15 is 0 Å². The SMILES string of the molecule is C.CC(C)c1nc(N(C)S(C)(=O)=O)nc(-c2ccc(F)cc2)c1/C=C/[C@@H](O)C[C@@H](O)CC(=O)[O-]. The molecule has 0 spiro atoms. The Balaban J connectivity index is 0.00000578. The summed E-state index contributed by atoms with van der Waals surface area (Å²) in [6, 6.07) is 5.46. The quantitative estimate of drug-likeness (QED) is 0.506. The maximum atomic E-state index is 13.5. The van der Waals surface area contributed by atoms with Gasteiger partial charge in [0.25, 0.3) is 0 Å². The molecule has 1 aromatic heterocycles. The van der Waals surface area contributed by atoms with Gasteiger partial charge in [-0.15, -0.1) is 0 Å². The highest BCUT2D eigenvalue weighted by molar-refractivity contribution is 7.92. The van der Waals surface area contributed by atoms with Gasteiger partial charge in [0.1, 0.15) is 5.82 Å². The number of hydrogen-bond acceptors (Lipinski definition) is 8. The average Bonchev–Trinajstić information content (AvgIpc) is 2.70. The molecule has 0 radical (unpaired) electrons.